The lowest BCUT2D eigenvalue weighted by Crippen LogP contribution is -2.24. The number of carbonyl (C=O) groups excluding carboxylic acids is 1. The van der Waals surface area contributed by atoms with E-state index in [2.05, 4.69) is 27.6 Å². The van der Waals surface area contributed by atoms with Crippen molar-refractivity contribution in [2.45, 2.75) is 25.8 Å². The van der Waals surface area contributed by atoms with Crippen LogP contribution in [0.25, 0.3) is 10.8 Å². The molecule has 122 valence electrons. The first-order valence-corrected chi connectivity index (χ1v) is 8.01. The third-order valence-electron chi connectivity index (χ3n) is 3.94. The van der Waals surface area contributed by atoms with Crippen LogP contribution in [0.2, 0.25) is 0 Å². The lowest BCUT2D eigenvalue weighted by molar-refractivity contribution is -0.121. The summed E-state index contributed by atoms with van der Waals surface area (Å²) in [5, 5.41) is 10.8. The van der Waals surface area contributed by atoms with Gasteiger partial charge in [0, 0.05) is 11.8 Å². The average molecular weight is 321 g/mol. The molecule has 3 rings (SSSR count). The summed E-state index contributed by atoms with van der Waals surface area (Å²) in [5.41, 5.74) is 1.68. The number of carbonyl (C=O) groups is 1. The maximum atomic E-state index is 12.0. The average Bonchev–Trinajstić information content (AvgIpc) is 2.62. The first-order valence-electron chi connectivity index (χ1n) is 8.01. The van der Waals surface area contributed by atoms with Crippen LogP contribution in [0.4, 0.5) is 0 Å². The molecule has 5 nitrogen and oxygen atoms in total. The van der Waals surface area contributed by atoms with E-state index in [9.17, 15) is 9.59 Å². The third-order valence-corrected chi connectivity index (χ3v) is 3.94. The molecule has 1 heterocycles. The summed E-state index contributed by atoms with van der Waals surface area (Å²) in [7, 11) is 0. The van der Waals surface area contributed by atoms with Gasteiger partial charge in [-0.2, -0.15) is 5.10 Å². The summed E-state index contributed by atoms with van der Waals surface area (Å²) >= 11 is 0. The molecule has 0 saturated heterocycles. The Morgan fingerprint density at radius 3 is 2.50 bits per heavy atom. The van der Waals surface area contributed by atoms with Crippen molar-refractivity contribution in [2.75, 3.05) is 0 Å². The van der Waals surface area contributed by atoms with Crippen molar-refractivity contribution in [1.29, 1.82) is 0 Å². The number of aromatic nitrogens is 2. The molecule has 3 aromatic rings. The molecule has 1 aromatic heterocycles. The second-order valence-corrected chi connectivity index (χ2v) is 5.66. The SMILES string of the molecule is O=C(CCCc1ccccc1)NCc1n[nH]c(=O)c2ccccc12. The highest BCUT2D eigenvalue weighted by atomic mass is 16.1. The van der Waals surface area contributed by atoms with Gasteiger partial charge in [-0.15, -0.1) is 0 Å². The Bertz CT molecular complexity index is 888. The Labute approximate surface area is 139 Å². The molecule has 0 spiro atoms. The van der Waals surface area contributed by atoms with E-state index < -0.39 is 0 Å². The third kappa shape index (κ3) is 3.87. The van der Waals surface area contributed by atoms with Gasteiger partial charge in [-0.25, -0.2) is 5.10 Å². The van der Waals surface area contributed by atoms with Gasteiger partial charge in [0.15, 0.2) is 0 Å². The van der Waals surface area contributed by atoms with Gasteiger partial charge in [0.05, 0.1) is 17.6 Å². The summed E-state index contributed by atoms with van der Waals surface area (Å²) < 4.78 is 0. The minimum Gasteiger partial charge on any atom is -0.350 e. The minimum atomic E-state index is -0.219. The Kier molecular flexibility index (Phi) is 5.01. The van der Waals surface area contributed by atoms with Crippen LogP contribution in [0.1, 0.15) is 24.1 Å². The van der Waals surface area contributed by atoms with Crippen molar-refractivity contribution < 1.29 is 4.79 Å². The summed E-state index contributed by atoms with van der Waals surface area (Å²) in [4.78, 5) is 23.7. The van der Waals surface area contributed by atoms with Crippen LogP contribution in [0.3, 0.4) is 0 Å². The number of fused-ring (bicyclic) bond motifs is 1. The van der Waals surface area contributed by atoms with Gasteiger partial charge in [-0.1, -0.05) is 48.5 Å². The van der Waals surface area contributed by atoms with Crippen molar-refractivity contribution in [2.24, 2.45) is 0 Å². The molecule has 0 unspecified atom stereocenters. The predicted octanol–water partition coefficient (Wildman–Crippen LogP) is 2.56. The second kappa shape index (κ2) is 7.55. The van der Waals surface area contributed by atoms with Crippen LogP contribution in [0.15, 0.2) is 59.4 Å². The van der Waals surface area contributed by atoms with Gasteiger partial charge in [0.2, 0.25) is 5.91 Å². The zero-order valence-corrected chi connectivity index (χ0v) is 13.3. The largest absolute Gasteiger partial charge is 0.350 e. The molecular weight excluding hydrogens is 302 g/mol. The number of H-pyrrole nitrogens is 1. The maximum absolute atomic E-state index is 12.0. The first kappa shape index (κ1) is 15.9. The summed E-state index contributed by atoms with van der Waals surface area (Å²) in [6.07, 6.45) is 2.15. The van der Waals surface area contributed by atoms with E-state index in [0.29, 0.717) is 24.0 Å². The van der Waals surface area contributed by atoms with Crippen molar-refractivity contribution in [3.05, 3.63) is 76.2 Å². The molecule has 0 fully saturated rings. The highest BCUT2D eigenvalue weighted by Crippen LogP contribution is 2.12. The molecule has 2 aromatic carbocycles. The van der Waals surface area contributed by atoms with Gasteiger partial charge < -0.3 is 5.32 Å². The first-order chi connectivity index (χ1) is 11.7. The van der Waals surface area contributed by atoms with Crippen LogP contribution in [-0.4, -0.2) is 16.1 Å². The number of amides is 1. The molecule has 0 radical (unpaired) electrons. The molecule has 0 aliphatic carbocycles. The van der Waals surface area contributed by atoms with Crippen molar-refractivity contribution in [3.63, 3.8) is 0 Å². The number of rotatable bonds is 6. The van der Waals surface area contributed by atoms with Crippen LogP contribution in [-0.2, 0) is 17.8 Å². The Morgan fingerprint density at radius 1 is 1.00 bits per heavy atom. The van der Waals surface area contributed by atoms with Crippen molar-refractivity contribution >= 4 is 16.7 Å². The fourth-order valence-electron chi connectivity index (χ4n) is 2.67. The molecule has 0 bridgehead atoms. The number of aromatic amines is 1. The molecule has 24 heavy (non-hydrogen) atoms. The molecule has 1 amide bonds. The Hall–Kier alpha value is -2.95. The number of benzene rings is 2. The van der Waals surface area contributed by atoms with Gasteiger partial charge >= 0.3 is 0 Å². The number of hydrogen-bond donors (Lipinski definition) is 2. The molecule has 0 aliphatic rings. The Balaban J connectivity index is 1.55. The molecule has 0 aliphatic heterocycles. The van der Waals surface area contributed by atoms with E-state index in [1.807, 2.05) is 36.4 Å². The van der Waals surface area contributed by atoms with Crippen molar-refractivity contribution in [3.8, 4) is 0 Å². The quantitative estimate of drug-likeness (QED) is 0.733. The Morgan fingerprint density at radius 2 is 1.71 bits per heavy atom. The van der Waals surface area contributed by atoms with Crippen LogP contribution in [0.5, 0.6) is 0 Å². The van der Waals surface area contributed by atoms with Gasteiger partial charge in [0.1, 0.15) is 0 Å². The number of nitrogens with zero attached hydrogens (tertiary/aromatic N) is 1. The zero-order chi connectivity index (χ0) is 16.8. The van der Waals surface area contributed by atoms with Crippen LogP contribution < -0.4 is 10.9 Å². The lowest BCUT2D eigenvalue weighted by Gasteiger charge is -2.07. The fraction of sp³-hybridized carbons (Fsp3) is 0.211. The standard InChI is InChI=1S/C19H19N3O2/c23-18(12-6-9-14-7-2-1-3-8-14)20-13-17-15-10-4-5-11-16(15)19(24)22-21-17/h1-5,7-8,10-11H,6,9,12-13H2,(H,20,23)(H,22,24). The van der Waals surface area contributed by atoms with E-state index >= 15 is 0 Å². The molecule has 2 N–H and O–H groups in total. The van der Waals surface area contributed by atoms with Gasteiger partial charge in [-0.05, 0) is 24.5 Å². The number of nitrogens with one attached hydrogen (secondary N) is 2. The second-order valence-electron chi connectivity index (χ2n) is 5.66. The smallest absolute Gasteiger partial charge is 0.272 e. The molecular formula is C19H19N3O2. The van der Waals surface area contributed by atoms with Crippen LogP contribution >= 0.6 is 0 Å². The highest BCUT2D eigenvalue weighted by Gasteiger charge is 2.07. The van der Waals surface area contributed by atoms with E-state index in [4.69, 9.17) is 0 Å². The van der Waals surface area contributed by atoms with Crippen molar-refractivity contribution in [1.82, 2.24) is 15.5 Å². The monoisotopic (exact) mass is 321 g/mol. The van der Waals surface area contributed by atoms with E-state index in [1.54, 1.807) is 6.07 Å². The fourth-order valence-corrected chi connectivity index (χ4v) is 2.67. The minimum absolute atomic E-state index is 0.0111. The van der Waals surface area contributed by atoms with Crippen LogP contribution in [0, 0.1) is 0 Å². The van der Waals surface area contributed by atoms with Gasteiger partial charge in [0.25, 0.3) is 5.56 Å². The summed E-state index contributed by atoms with van der Waals surface area (Å²) in [6.45, 7) is 0.307. The number of aryl methyl sites for hydroxylation is 1. The lowest BCUT2D eigenvalue weighted by atomic mass is 10.1. The van der Waals surface area contributed by atoms with E-state index in [-0.39, 0.29) is 11.5 Å². The topological polar surface area (TPSA) is 74.8 Å². The maximum Gasteiger partial charge on any atom is 0.272 e. The summed E-state index contributed by atoms with van der Waals surface area (Å²) in [5.74, 6) is -0.0111. The highest BCUT2D eigenvalue weighted by molar-refractivity contribution is 5.84. The predicted molar refractivity (Wildman–Crippen MR) is 93.6 cm³/mol. The number of hydrogen-bond acceptors (Lipinski definition) is 3. The van der Waals surface area contributed by atoms with E-state index in [0.717, 1.165) is 18.2 Å². The normalized spacial score (nSPS) is 10.7. The van der Waals surface area contributed by atoms with Gasteiger partial charge in [-0.3, -0.25) is 9.59 Å². The molecule has 0 saturated carbocycles. The zero-order valence-electron chi connectivity index (χ0n) is 13.3. The summed E-state index contributed by atoms with van der Waals surface area (Å²) in [6, 6.07) is 17.4. The van der Waals surface area contributed by atoms with E-state index in [1.165, 1.54) is 5.56 Å². The molecule has 0 atom stereocenters. The molecule has 5 heteroatoms.